The van der Waals surface area contributed by atoms with E-state index in [-0.39, 0.29) is 0 Å². The van der Waals surface area contributed by atoms with Crippen LogP contribution in [0, 0.1) is 0 Å². The minimum absolute atomic E-state index is 0.678. The number of thiophene rings is 1. The van der Waals surface area contributed by atoms with Crippen LogP contribution in [-0.2, 0) is 0 Å². The Morgan fingerprint density at radius 3 is 1.37 bits per heavy atom. The molecular weight excluding hydrogens is 735 g/mol. The van der Waals surface area contributed by atoms with Crippen LogP contribution in [0.2, 0.25) is 0 Å². The lowest BCUT2D eigenvalue weighted by atomic mass is 9.97. The number of nitrogens with zero attached hydrogens (tertiary/aromatic N) is 3. The van der Waals surface area contributed by atoms with Crippen LogP contribution in [0.5, 0.6) is 0 Å². The van der Waals surface area contributed by atoms with Crippen LogP contribution in [0.3, 0.4) is 0 Å². The highest BCUT2D eigenvalue weighted by Crippen LogP contribution is 2.44. The maximum Gasteiger partial charge on any atom is 0.160 e. The summed E-state index contributed by atoms with van der Waals surface area (Å²) in [6.45, 7) is 0. The molecule has 0 unspecified atom stereocenters. The van der Waals surface area contributed by atoms with Crippen LogP contribution in [0.15, 0.2) is 212 Å². The van der Waals surface area contributed by atoms with Crippen molar-refractivity contribution < 1.29 is 0 Å². The summed E-state index contributed by atoms with van der Waals surface area (Å²) < 4.78 is 2.53. The maximum atomic E-state index is 5.48. The highest BCUT2D eigenvalue weighted by molar-refractivity contribution is 7.26. The van der Waals surface area contributed by atoms with Gasteiger partial charge in [-0.2, -0.15) is 0 Å². The zero-order chi connectivity index (χ0) is 39.1. The molecule has 0 saturated heterocycles. The fourth-order valence-electron chi connectivity index (χ4n) is 8.12. The van der Waals surface area contributed by atoms with Crippen molar-refractivity contribution in [1.82, 2.24) is 15.0 Å². The van der Waals surface area contributed by atoms with Crippen molar-refractivity contribution in [2.24, 2.45) is 0 Å². The van der Waals surface area contributed by atoms with Gasteiger partial charge in [-0.25, -0.2) is 15.0 Å². The van der Waals surface area contributed by atoms with E-state index in [0.29, 0.717) is 5.82 Å². The molecule has 4 heteroatoms. The van der Waals surface area contributed by atoms with E-state index in [1.54, 1.807) is 0 Å². The molecule has 0 aliphatic rings. The average Bonchev–Trinajstić information content (AvgIpc) is 3.72. The number of para-hydroxylation sites is 1. The van der Waals surface area contributed by atoms with E-state index < -0.39 is 0 Å². The fourth-order valence-corrected chi connectivity index (χ4v) is 9.35. The molecule has 3 heterocycles. The van der Waals surface area contributed by atoms with Crippen LogP contribution >= 0.6 is 11.3 Å². The Hall–Kier alpha value is -7.53. The first-order valence-corrected chi connectivity index (χ1v) is 20.7. The summed E-state index contributed by atoms with van der Waals surface area (Å²) in [4.78, 5) is 15.9. The molecule has 0 saturated carbocycles. The molecule has 0 atom stereocenters. The van der Waals surface area contributed by atoms with Gasteiger partial charge >= 0.3 is 0 Å². The van der Waals surface area contributed by atoms with E-state index in [0.717, 1.165) is 56.0 Å². The van der Waals surface area contributed by atoms with Gasteiger partial charge in [0.1, 0.15) is 0 Å². The molecule has 11 rings (SSSR count). The summed E-state index contributed by atoms with van der Waals surface area (Å²) >= 11 is 1.85. The molecule has 3 aromatic heterocycles. The van der Waals surface area contributed by atoms with Gasteiger partial charge in [0.25, 0.3) is 0 Å². The summed E-state index contributed by atoms with van der Waals surface area (Å²) in [5.74, 6) is 0.678. The molecule has 0 spiro atoms. The van der Waals surface area contributed by atoms with Gasteiger partial charge in [0.15, 0.2) is 5.82 Å². The molecular formula is C55H35N3S. The topological polar surface area (TPSA) is 38.7 Å². The molecule has 0 N–H and O–H groups in total. The van der Waals surface area contributed by atoms with Crippen molar-refractivity contribution in [3.63, 3.8) is 0 Å². The fraction of sp³-hybridized carbons (Fsp3) is 0. The van der Waals surface area contributed by atoms with Crippen molar-refractivity contribution in [3.8, 4) is 78.5 Å². The molecule has 0 aliphatic heterocycles. The SMILES string of the molecule is c1ccc(-c2ccc(-c3cc(-c4ccc(-c5ccccc5)cc4)nc(-c4ccc(-c5cccc6c5nc(-c5ccccc5)c5c7ccccc7sc65)cc4)n3)cc2)cc1. The van der Waals surface area contributed by atoms with Gasteiger partial charge in [-0.05, 0) is 39.9 Å². The van der Waals surface area contributed by atoms with Crippen LogP contribution < -0.4 is 0 Å². The Kier molecular flexibility index (Phi) is 8.68. The average molecular weight is 770 g/mol. The molecule has 11 aromatic rings. The second-order valence-corrected chi connectivity index (χ2v) is 15.8. The van der Waals surface area contributed by atoms with Crippen molar-refractivity contribution in [2.75, 3.05) is 0 Å². The van der Waals surface area contributed by atoms with Crippen LogP contribution in [-0.4, -0.2) is 15.0 Å². The molecule has 0 aliphatic carbocycles. The number of hydrogen-bond acceptors (Lipinski definition) is 4. The summed E-state index contributed by atoms with van der Waals surface area (Å²) in [5.41, 5.74) is 14.8. The highest BCUT2D eigenvalue weighted by Gasteiger charge is 2.19. The lowest BCUT2D eigenvalue weighted by Crippen LogP contribution is -1.96. The van der Waals surface area contributed by atoms with E-state index in [1.807, 2.05) is 23.5 Å². The van der Waals surface area contributed by atoms with E-state index in [9.17, 15) is 0 Å². The Labute approximate surface area is 346 Å². The lowest BCUT2D eigenvalue weighted by molar-refractivity contribution is 1.18. The maximum absolute atomic E-state index is 5.48. The third-order valence-corrected chi connectivity index (χ3v) is 12.3. The van der Waals surface area contributed by atoms with Crippen molar-refractivity contribution >= 4 is 42.4 Å². The molecule has 59 heavy (non-hydrogen) atoms. The van der Waals surface area contributed by atoms with E-state index >= 15 is 0 Å². The molecule has 0 bridgehead atoms. The van der Waals surface area contributed by atoms with Gasteiger partial charge in [-0.1, -0.05) is 200 Å². The van der Waals surface area contributed by atoms with Crippen LogP contribution in [0.1, 0.15) is 0 Å². The highest BCUT2D eigenvalue weighted by atomic mass is 32.1. The number of aromatic nitrogens is 3. The summed E-state index contributed by atoms with van der Waals surface area (Å²) in [6, 6.07) is 74.8. The molecule has 0 fully saturated rings. The smallest absolute Gasteiger partial charge is 0.160 e. The van der Waals surface area contributed by atoms with E-state index in [4.69, 9.17) is 15.0 Å². The Morgan fingerprint density at radius 1 is 0.322 bits per heavy atom. The van der Waals surface area contributed by atoms with Gasteiger partial charge < -0.3 is 0 Å². The molecule has 0 amide bonds. The summed E-state index contributed by atoms with van der Waals surface area (Å²) in [7, 11) is 0. The normalized spacial score (nSPS) is 11.4. The first kappa shape index (κ1) is 34.7. The number of pyridine rings is 1. The van der Waals surface area contributed by atoms with Gasteiger partial charge in [0.2, 0.25) is 0 Å². The Bertz CT molecular complexity index is 3170. The summed E-state index contributed by atoms with van der Waals surface area (Å²) in [6.07, 6.45) is 0. The first-order valence-electron chi connectivity index (χ1n) is 19.8. The second-order valence-electron chi connectivity index (χ2n) is 14.8. The van der Waals surface area contributed by atoms with Crippen molar-refractivity contribution in [2.45, 2.75) is 0 Å². The zero-order valence-electron chi connectivity index (χ0n) is 32.0. The quantitative estimate of drug-likeness (QED) is 0.162. The minimum atomic E-state index is 0.678. The first-order chi connectivity index (χ1) is 29.2. The largest absolute Gasteiger partial charge is 0.246 e. The van der Waals surface area contributed by atoms with Gasteiger partial charge in [0.05, 0.1) is 22.6 Å². The lowest BCUT2D eigenvalue weighted by Gasteiger charge is -2.13. The van der Waals surface area contributed by atoms with Crippen LogP contribution in [0.25, 0.3) is 110 Å². The zero-order valence-corrected chi connectivity index (χ0v) is 32.8. The number of rotatable bonds is 7. The van der Waals surface area contributed by atoms with Crippen molar-refractivity contribution in [3.05, 3.63) is 212 Å². The van der Waals surface area contributed by atoms with E-state index in [2.05, 4.69) is 200 Å². The van der Waals surface area contributed by atoms with Gasteiger partial charge in [0, 0.05) is 53.4 Å². The van der Waals surface area contributed by atoms with Crippen molar-refractivity contribution in [1.29, 1.82) is 0 Å². The standard InChI is InChI=1S/C55H35N3S/c1-4-13-36(14-5-1)38-23-29-41(30-24-38)48-35-49(42-31-25-39(26-32-42)37-15-6-2-7-16-37)57-55(56-48)44-33-27-40(28-34-44)45-20-12-21-47-53(45)58-52(43-17-8-3-9-18-43)51-46-19-10-11-22-50(46)59-54(47)51/h1-35H. The second kappa shape index (κ2) is 14.8. The molecule has 3 nitrogen and oxygen atoms in total. The van der Waals surface area contributed by atoms with Crippen LogP contribution in [0.4, 0.5) is 0 Å². The molecule has 0 radical (unpaired) electrons. The Morgan fingerprint density at radius 2 is 0.780 bits per heavy atom. The third-order valence-electron chi connectivity index (χ3n) is 11.1. The number of hydrogen-bond donors (Lipinski definition) is 0. The number of fused-ring (bicyclic) bond motifs is 5. The van der Waals surface area contributed by atoms with Gasteiger partial charge in [-0.3, -0.25) is 0 Å². The monoisotopic (exact) mass is 769 g/mol. The number of benzene rings is 8. The predicted octanol–water partition coefficient (Wildman–Crippen LogP) is 15.1. The summed E-state index contributed by atoms with van der Waals surface area (Å²) in [5, 5.41) is 3.63. The Balaban J connectivity index is 1.02. The van der Waals surface area contributed by atoms with E-state index in [1.165, 1.54) is 47.8 Å². The minimum Gasteiger partial charge on any atom is -0.246 e. The molecule has 8 aromatic carbocycles. The van der Waals surface area contributed by atoms with Gasteiger partial charge in [-0.15, -0.1) is 11.3 Å². The third kappa shape index (κ3) is 6.46. The molecule has 276 valence electrons. The predicted molar refractivity (Wildman–Crippen MR) is 248 cm³/mol.